The lowest BCUT2D eigenvalue weighted by molar-refractivity contribution is -0.147. The number of ether oxygens (including phenoxy) is 1. The Balaban J connectivity index is 4.07. The summed E-state index contributed by atoms with van der Waals surface area (Å²) in [6, 6.07) is 0. The van der Waals surface area contributed by atoms with E-state index in [1.165, 1.54) is 7.11 Å². The van der Waals surface area contributed by atoms with Crippen LogP contribution in [0.3, 0.4) is 0 Å². The molecule has 0 aromatic heterocycles. The highest BCUT2D eigenvalue weighted by Crippen LogP contribution is 2.02. The van der Waals surface area contributed by atoms with Crippen LogP contribution in [0.15, 0.2) is 0 Å². The molecular formula is C11H22N2O3. The molecule has 0 aromatic carbocycles. The first kappa shape index (κ1) is 14.9. The number of esters is 1. The van der Waals surface area contributed by atoms with E-state index in [0.717, 1.165) is 19.3 Å². The molecule has 0 aliphatic heterocycles. The number of carbonyl (C=O) groups is 2. The lowest BCUT2D eigenvalue weighted by Crippen LogP contribution is -2.36. The summed E-state index contributed by atoms with van der Waals surface area (Å²) in [5, 5.41) is 0. The van der Waals surface area contributed by atoms with Gasteiger partial charge in [0, 0.05) is 13.0 Å². The van der Waals surface area contributed by atoms with Crippen LogP contribution >= 0.6 is 0 Å². The van der Waals surface area contributed by atoms with Crippen molar-refractivity contribution < 1.29 is 14.3 Å². The van der Waals surface area contributed by atoms with Crippen LogP contribution in [-0.4, -0.2) is 43.5 Å². The summed E-state index contributed by atoms with van der Waals surface area (Å²) in [5.74, 6) is -0.374. The predicted octanol–water partition coefficient (Wildman–Crippen LogP) is 0.527. The molecule has 0 saturated heterocycles. The first-order valence-corrected chi connectivity index (χ1v) is 5.70. The highest BCUT2D eigenvalue weighted by Gasteiger charge is 2.15. The third kappa shape index (κ3) is 6.40. The minimum absolute atomic E-state index is 0.000648. The summed E-state index contributed by atoms with van der Waals surface area (Å²) < 4.78 is 4.55. The van der Waals surface area contributed by atoms with Gasteiger partial charge in [-0.15, -0.1) is 0 Å². The second kappa shape index (κ2) is 9.15. The van der Waals surface area contributed by atoms with E-state index in [4.69, 9.17) is 5.73 Å². The fourth-order valence-corrected chi connectivity index (χ4v) is 1.36. The van der Waals surface area contributed by atoms with Crippen molar-refractivity contribution in [2.45, 2.75) is 32.6 Å². The van der Waals surface area contributed by atoms with Crippen LogP contribution in [0.4, 0.5) is 0 Å². The monoisotopic (exact) mass is 230 g/mol. The van der Waals surface area contributed by atoms with Gasteiger partial charge in [-0.2, -0.15) is 0 Å². The Morgan fingerprint density at radius 2 is 2.00 bits per heavy atom. The van der Waals surface area contributed by atoms with Gasteiger partial charge in [-0.05, 0) is 25.8 Å². The standard InChI is InChI=1S/C11H22N2O3/c1-3-8-13(9-11(15)16-2)10(14)6-4-5-7-12/h3-9,12H2,1-2H3. The van der Waals surface area contributed by atoms with E-state index in [0.29, 0.717) is 19.5 Å². The number of nitrogens with two attached hydrogens (primary N) is 1. The molecule has 94 valence electrons. The predicted molar refractivity (Wildman–Crippen MR) is 61.8 cm³/mol. The van der Waals surface area contributed by atoms with Gasteiger partial charge in [0.25, 0.3) is 0 Å². The highest BCUT2D eigenvalue weighted by molar-refractivity contribution is 5.81. The average molecular weight is 230 g/mol. The third-order valence-corrected chi connectivity index (χ3v) is 2.24. The summed E-state index contributed by atoms with van der Waals surface area (Å²) in [6.07, 6.45) is 2.90. The first-order valence-electron chi connectivity index (χ1n) is 5.70. The molecule has 5 nitrogen and oxygen atoms in total. The zero-order chi connectivity index (χ0) is 12.4. The summed E-state index contributed by atoms with van der Waals surface area (Å²) in [5.41, 5.74) is 5.35. The molecule has 0 bridgehead atoms. The van der Waals surface area contributed by atoms with Crippen molar-refractivity contribution in [2.75, 3.05) is 26.7 Å². The van der Waals surface area contributed by atoms with Gasteiger partial charge in [0.2, 0.25) is 5.91 Å². The Bertz CT molecular complexity index is 219. The minimum atomic E-state index is -0.374. The van der Waals surface area contributed by atoms with Crippen molar-refractivity contribution in [2.24, 2.45) is 5.73 Å². The van der Waals surface area contributed by atoms with E-state index < -0.39 is 0 Å². The Morgan fingerprint density at radius 1 is 1.31 bits per heavy atom. The van der Waals surface area contributed by atoms with Crippen molar-refractivity contribution in [3.05, 3.63) is 0 Å². The van der Waals surface area contributed by atoms with Gasteiger partial charge in [0.05, 0.1) is 7.11 Å². The van der Waals surface area contributed by atoms with Crippen molar-refractivity contribution in [3.63, 3.8) is 0 Å². The fraction of sp³-hybridized carbons (Fsp3) is 0.818. The van der Waals surface area contributed by atoms with E-state index in [-0.39, 0.29) is 18.4 Å². The van der Waals surface area contributed by atoms with Gasteiger partial charge in [-0.3, -0.25) is 9.59 Å². The summed E-state index contributed by atoms with van der Waals surface area (Å²) in [7, 11) is 1.32. The average Bonchev–Trinajstić information content (AvgIpc) is 2.28. The fourth-order valence-electron chi connectivity index (χ4n) is 1.36. The minimum Gasteiger partial charge on any atom is -0.468 e. The summed E-state index contributed by atoms with van der Waals surface area (Å²) in [6.45, 7) is 3.21. The zero-order valence-corrected chi connectivity index (χ0v) is 10.2. The molecule has 0 aliphatic rings. The van der Waals surface area contributed by atoms with E-state index in [1.807, 2.05) is 6.92 Å². The van der Waals surface area contributed by atoms with Crippen LogP contribution in [-0.2, 0) is 14.3 Å². The van der Waals surface area contributed by atoms with E-state index >= 15 is 0 Å². The van der Waals surface area contributed by atoms with E-state index in [1.54, 1.807) is 4.90 Å². The van der Waals surface area contributed by atoms with E-state index in [9.17, 15) is 9.59 Å². The molecule has 0 saturated carbocycles. The smallest absolute Gasteiger partial charge is 0.325 e. The molecule has 5 heteroatoms. The molecular weight excluding hydrogens is 208 g/mol. The molecule has 0 spiro atoms. The number of amides is 1. The van der Waals surface area contributed by atoms with Gasteiger partial charge in [0.1, 0.15) is 6.54 Å². The number of nitrogens with zero attached hydrogens (tertiary/aromatic N) is 1. The van der Waals surface area contributed by atoms with Crippen molar-refractivity contribution in [1.29, 1.82) is 0 Å². The maximum absolute atomic E-state index is 11.7. The Labute approximate surface area is 96.9 Å². The lowest BCUT2D eigenvalue weighted by atomic mass is 10.2. The Hall–Kier alpha value is -1.10. The molecule has 2 N–H and O–H groups in total. The third-order valence-electron chi connectivity index (χ3n) is 2.24. The molecule has 0 unspecified atom stereocenters. The summed E-state index contributed by atoms with van der Waals surface area (Å²) >= 11 is 0. The molecule has 0 heterocycles. The molecule has 0 radical (unpaired) electrons. The van der Waals surface area contributed by atoms with Crippen LogP contribution < -0.4 is 5.73 Å². The molecule has 0 aromatic rings. The number of methoxy groups -OCH3 is 1. The lowest BCUT2D eigenvalue weighted by Gasteiger charge is -2.20. The SMILES string of the molecule is CCCN(CC(=O)OC)C(=O)CCCCN. The van der Waals surface area contributed by atoms with Crippen molar-refractivity contribution in [1.82, 2.24) is 4.90 Å². The second-order valence-electron chi connectivity index (χ2n) is 3.64. The van der Waals surface area contributed by atoms with Gasteiger partial charge in [0.15, 0.2) is 0 Å². The number of hydrogen-bond acceptors (Lipinski definition) is 4. The molecule has 1 amide bonds. The number of hydrogen-bond donors (Lipinski definition) is 1. The molecule has 0 fully saturated rings. The number of unbranched alkanes of at least 4 members (excludes halogenated alkanes) is 1. The van der Waals surface area contributed by atoms with Crippen molar-refractivity contribution >= 4 is 11.9 Å². The molecule has 0 aliphatic carbocycles. The van der Waals surface area contributed by atoms with Crippen LogP contribution in [0, 0.1) is 0 Å². The van der Waals surface area contributed by atoms with E-state index in [2.05, 4.69) is 4.74 Å². The van der Waals surface area contributed by atoms with Crippen LogP contribution in [0.25, 0.3) is 0 Å². The molecule has 0 rings (SSSR count). The molecule has 0 atom stereocenters. The van der Waals surface area contributed by atoms with Crippen LogP contribution in [0.1, 0.15) is 32.6 Å². The Kier molecular flexibility index (Phi) is 8.52. The molecule has 16 heavy (non-hydrogen) atoms. The van der Waals surface area contributed by atoms with Crippen LogP contribution in [0.5, 0.6) is 0 Å². The van der Waals surface area contributed by atoms with Crippen molar-refractivity contribution in [3.8, 4) is 0 Å². The maximum atomic E-state index is 11.7. The quantitative estimate of drug-likeness (QED) is 0.487. The number of carbonyl (C=O) groups excluding carboxylic acids is 2. The normalized spacial score (nSPS) is 9.94. The number of rotatable bonds is 8. The second-order valence-corrected chi connectivity index (χ2v) is 3.64. The summed E-state index contributed by atoms with van der Waals surface area (Å²) in [4.78, 5) is 24.4. The topological polar surface area (TPSA) is 72.6 Å². The maximum Gasteiger partial charge on any atom is 0.325 e. The van der Waals surface area contributed by atoms with Gasteiger partial charge < -0.3 is 15.4 Å². The van der Waals surface area contributed by atoms with Gasteiger partial charge in [-0.1, -0.05) is 6.92 Å². The van der Waals surface area contributed by atoms with Gasteiger partial charge >= 0.3 is 5.97 Å². The zero-order valence-electron chi connectivity index (χ0n) is 10.2. The van der Waals surface area contributed by atoms with Crippen LogP contribution in [0.2, 0.25) is 0 Å². The largest absolute Gasteiger partial charge is 0.468 e. The first-order chi connectivity index (χ1) is 7.65. The Morgan fingerprint density at radius 3 is 2.50 bits per heavy atom. The highest BCUT2D eigenvalue weighted by atomic mass is 16.5. The van der Waals surface area contributed by atoms with Gasteiger partial charge in [-0.25, -0.2) is 0 Å².